The lowest BCUT2D eigenvalue weighted by Gasteiger charge is -2.20. The Bertz CT molecular complexity index is 226. The topological polar surface area (TPSA) is 66.8 Å². The highest BCUT2D eigenvalue weighted by molar-refractivity contribution is 5.78. The van der Waals surface area contributed by atoms with Gasteiger partial charge in [0.1, 0.15) is 0 Å². The highest BCUT2D eigenvalue weighted by Crippen LogP contribution is 2.11. The number of rotatable bonds is 8. The Morgan fingerprint density at radius 1 is 1.31 bits per heavy atom. The lowest BCUT2D eigenvalue weighted by Crippen LogP contribution is -2.28. The molecule has 0 saturated heterocycles. The first-order chi connectivity index (χ1) is 7.54. The number of ether oxygens (including phenoxy) is 1. The van der Waals surface area contributed by atoms with Crippen LogP contribution in [0.25, 0.3) is 0 Å². The normalized spacial score (nSPS) is 12.5. The number of carboxylic acid groups (broad SMARTS) is 1. The van der Waals surface area contributed by atoms with E-state index in [-0.39, 0.29) is 6.42 Å². The molecule has 5 nitrogen and oxygen atoms in total. The fourth-order valence-electron chi connectivity index (χ4n) is 1.48. The first kappa shape index (κ1) is 14.9. The second kappa shape index (κ2) is 8.10. The molecule has 0 bridgehead atoms. The van der Waals surface area contributed by atoms with Crippen molar-refractivity contribution in [3.8, 4) is 0 Å². The van der Waals surface area contributed by atoms with E-state index in [0.29, 0.717) is 13.0 Å². The highest BCUT2D eigenvalue weighted by atomic mass is 16.5. The molecule has 0 fully saturated rings. The van der Waals surface area contributed by atoms with Gasteiger partial charge in [0.05, 0.1) is 19.4 Å². The van der Waals surface area contributed by atoms with Crippen molar-refractivity contribution in [3.63, 3.8) is 0 Å². The van der Waals surface area contributed by atoms with Crippen LogP contribution < -0.4 is 0 Å². The smallest absolute Gasteiger partial charge is 0.307 e. The lowest BCUT2D eigenvalue weighted by atomic mass is 10.0. The van der Waals surface area contributed by atoms with Crippen molar-refractivity contribution in [1.82, 2.24) is 4.90 Å². The van der Waals surface area contributed by atoms with E-state index in [1.165, 1.54) is 7.11 Å². The van der Waals surface area contributed by atoms with Crippen LogP contribution >= 0.6 is 0 Å². The molecule has 1 N–H and O–H groups in total. The number of aliphatic carboxylic acids is 1. The first-order valence-corrected chi connectivity index (χ1v) is 5.57. The summed E-state index contributed by atoms with van der Waals surface area (Å²) in [5.41, 5.74) is 0. The van der Waals surface area contributed by atoms with Gasteiger partial charge in [-0.1, -0.05) is 13.8 Å². The molecule has 0 rings (SSSR count). The van der Waals surface area contributed by atoms with Crippen LogP contribution in [0.1, 0.15) is 26.7 Å². The minimum atomic E-state index is -0.933. The van der Waals surface area contributed by atoms with Crippen LogP contribution in [0.3, 0.4) is 0 Å². The second-order valence-electron chi connectivity index (χ2n) is 3.63. The molecule has 0 aliphatic rings. The first-order valence-electron chi connectivity index (χ1n) is 5.57. The fraction of sp³-hybridized carbons (Fsp3) is 0.818. The van der Waals surface area contributed by atoms with E-state index < -0.39 is 17.9 Å². The largest absolute Gasteiger partial charge is 0.481 e. The lowest BCUT2D eigenvalue weighted by molar-refractivity contribution is -0.150. The Morgan fingerprint density at radius 2 is 1.88 bits per heavy atom. The summed E-state index contributed by atoms with van der Waals surface area (Å²) in [5.74, 6) is -2.04. The summed E-state index contributed by atoms with van der Waals surface area (Å²) in [6.45, 7) is 6.53. The SMILES string of the molecule is CCN(CC)CC[C@H](CC(=O)OC)C(=O)O. The molecule has 0 aromatic heterocycles. The minimum Gasteiger partial charge on any atom is -0.481 e. The molecule has 0 aliphatic heterocycles. The van der Waals surface area contributed by atoms with Crippen molar-refractivity contribution in [2.75, 3.05) is 26.7 Å². The third-order valence-electron chi connectivity index (χ3n) is 2.68. The number of hydrogen-bond donors (Lipinski definition) is 1. The van der Waals surface area contributed by atoms with Crippen LogP contribution in [-0.2, 0) is 14.3 Å². The maximum Gasteiger partial charge on any atom is 0.307 e. The summed E-state index contributed by atoms with van der Waals surface area (Å²) in [6, 6.07) is 0. The maximum absolute atomic E-state index is 11.0. The molecule has 0 amide bonds. The summed E-state index contributed by atoms with van der Waals surface area (Å²) in [7, 11) is 1.27. The second-order valence-corrected chi connectivity index (χ2v) is 3.63. The molecule has 0 spiro atoms. The van der Waals surface area contributed by atoms with E-state index in [9.17, 15) is 9.59 Å². The Balaban J connectivity index is 4.13. The molecule has 0 unspecified atom stereocenters. The maximum atomic E-state index is 11.0. The van der Waals surface area contributed by atoms with Crippen molar-refractivity contribution in [3.05, 3.63) is 0 Å². The quantitative estimate of drug-likeness (QED) is 0.631. The number of esters is 1. The zero-order chi connectivity index (χ0) is 12.6. The number of methoxy groups -OCH3 is 1. The molecule has 0 heterocycles. The van der Waals surface area contributed by atoms with E-state index in [0.717, 1.165) is 13.1 Å². The molecule has 1 atom stereocenters. The predicted molar refractivity (Wildman–Crippen MR) is 60.2 cm³/mol. The van der Waals surface area contributed by atoms with Gasteiger partial charge >= 0.3 is 11.9 Å². The molecular weight excluding hydrogens is 210 g/mol. The van der Waals surface area contributed by atoms with Crippen molar-refractivity contribution in [2.24, 2.45) is 5.92 Å². The Hall–Kier alpha value is -1.10. The fourth-order valence-corrected chi connectivity index (χ4v) is 1.48. The summed E-state index contributed by atoms with van der Waals surface area (Å²) in [5, 5.41) is 8.95. The van der Waals surface area contributed by atoms with Gasteiger partial charge in [-0.25, -0.2) is 0 Å². The van der Waals surface area contributed by atoms with Crippen LogP contribution in [0.15, 0.2) is 0 Å². The van der Waals surface area contributed by atoms with Gasteiger partial charge in [-0.3, -0.25) is 9.59 Å². The summed E-state index contributed by atoms with van der Waals surface area (Å²) >= 11 is 0. The molecule has 0 saturated carbocycles. The molecule has 16 heavy (non-hydrogen) atoms. The van der Waals surface area contributed by atoms with Gasteiger partial charge < -0.3 is 14.7 Å². The van der Waals surface area contributed by atoms with Crippen molar-refractivity contribution < 1.29 is 19.4 Å². The molecule has 0 aromatic rings. The molecule has 0 radical (unpaired) electrons. The molecular formula is C11H21NO4. The Morgan fingerprint density at radius 3 is 2.25 bits per heavy atom. The Kier molecular flexibility index (Phi) is 7.54. The van der Waals surface area contributed by atoms with E-state index >= 15 is 0 Å². The molecule has 94 valence electrons. The van der Waals surface area contributed by atoms with Gasteiger partial charge in [0.2, 0.25) is 0 Å². The van der Waals surface area contributed by atoms with Crippen molar-refractivity contribution >= 4 is 11.9 Å². The van der Waals surface area contributed by atoms with E-state index in [4.69, 9.17) is 5.11 Å². The molecule has 0 aromatic carbocycles. The number of nitrogens with zero attached hydrogens (tertiary/aromatic N) is 1. The van der Waals surface area contributed by atoms with Crippen LogP contribution in [-0.4, -0.2) is 48.7 Å². The van der Waals surface area contributed by atoms with Gasteiger partial charge in [-0.15, -0.1) is 0 Å². The van der Waals surface area contributed by atoms with Crippen LogP contribution in [0.4, 0.5) is 0 Å². The Labute approximate surface area is 96.4 Å². The summed E-state index contributed by atoms with van der Waals surface area (Å²) in [6.07, 6.45) is 0.430. The molecule has 0 aliphatic carbocycles. The van der Waals surface area contributed by atoms with Gasteiger partial charge in [-0.05, 0) is 26.1 Å². The summed E-state index contributed by atoms with van der Waals surface area (Å²) < 4.78 is 4.47. The monoisotopic (exact) mass is 231 g/mol. The standard InChI is InChI=1S/C11H21NO4/c1-4-12(5-2)7-6-9(11(14)15)8-10(13)16-3/h9H,4-8H2,1-3H3,(H,14,15)/t9-/m1/s1. The van der Waals surface area contributed by atoms with Crippen molar-refractivity contribution in [1.29, 1.82) is 0 Å². The minimum absolute atomic E-state index is 0.0485. The van der Waals surface area contributed by atoms with E-state index in [2.05, 4.69) is 9.64 Å². The number of carbonyl (C=O) groups excluding carboxylic acids is 1. The van der Waals surface area contributed by atoms with Gasteiger partial charge in [0, 0.05) is 0 Å². The zero-order valence-electron chi connectivity index (χ0n) is 10.2. The van der Waals surface area contributed by atoms with Gasteiger partial charge in [0.25, 0.3) is 0 Å². The van der Waals surface area contributed by atoms with Crippen LogP contribution in [0.2, 0.25) is 0 Å². The number of carbonyl (C=O) groups is 2. The average molecular weight is 231 g/mol. The van der Waals surface area contributed by atoms with Gasteiger partial charge in [-0.2, -0.15) is 0 Å². The van der Waals surface area contributed by atoms with Gasteiger partial charge in [0.15, 0.2) is 0 Å². The highest BCUT2D eigenvalue weighted by Gasteiger charge is 2.21. The van der Waals surface area contributed by atoms with Crippen molar-refractivity contribution in [2.45, 2.75) is 26.7 Å². The third kappa shape index (κ3) is 5.70. The summed E-state index contributed by atoms with van der Waals surface area (Å²) in [4.78, 5) is 24.1. The van der Waals surface area contributed by atoms with E-state index in [1.54, 1.807) is 0 Å². The predicted octanol–water partition coefficient (Wildman–Crippen LogP) is 0.982. The third-order valence-corrected chi connectivity index (χ3v) is 2.68. The van der Waals surface area contributed by atoms with Crippen LogP contribution in [0.5, 0.6) is 0 Å². The zero-order valence-corrected chi connectivity index (χ0v) is 10.2. The van der Waals surface area contributed by atoms with Crippen LogP contribution in [0, 0.1) is 5.92 Å². The number of hydrogen-bond acceptors (Lipinski definition) is 4. The number of carboxylic acids is 1. The molecule has 5 heteroatoms. The van der Waals surface area contributed by atoms with E-state index in [1.807, 2.05) is 13.8 Å². The average Bonchev–Trinajstić information content (AvgIpc) is 2.28.